The number of carbonyl (C=O) groups excluding carboxylic acids is 2. The zero-order valence-electron chi connectivity index (χ0n) is 19.3. The van der Waals surface area contributed by atoms with Gasteiger partial charge in [-0.1, -0.05) is 55.5 Å². The smallest absolute Gasteiger partial charge is 0.407 e. The molecule has 7 heteroatoms. The largest absolute Gasteiger partial charge is 0.481 e. The third-order valence-electron chi connectivity index (χ3n) is 6.06. The quantitative estimate of drug-likeness (QED) is 0.439. The fraction of sp³-hybridized carbons (Fsp3) is 0.370. The predicted octanol–water partition coefficient (Wildman–Crippen LogP) is 3.92. The van der Waals surface area contributed by atoms with Gasteiger partial charge < -0.3 is 20.5 Å². The molecule has 2 aromatic carbocycles. The van der Waals surface area contributed by atoms with Crippen molar-refractivity contribution in [3.8, 4) is 23.5 Å². The van der Waals surface area contributed by atoms with Crippen LogP contribution in [-0.2, 0) is 14.3 Å². The molecule has 1 aliphatic rings. The summed E-state index contributed by atoms with van der Waals surface area (Å²) in [5.74, 6) is 1.26. The van der Waals surface area contributed by atoms with Crippen molar-refractivity contribution in [2.75, 3.05) is 13.2 Å². The van der Waals surface area contributed by atoms with Crippen LogP contribution in [0.3, 0.4) is 0 Å². The molecular formula is C27H30N2O5. The minimum absolute atomic E-state index is 0.0323. The Morgan fingerprint density at radius 2 is 1.68 bits per heavy atom. The van der Waals surface area contributed by atoms with Crippen molar-refractivity contribution in [3.63, 3.8) is 0 Å². The number of carboxylic acids is 1. The highest BCUT2D eigenvalue weighted by molar-refractivity contribution is 5.86. The molecule has 0 fully saturated rings. The molecule has 0 saturated heterocycles. The third kappa shape index (κ3) is 6.38. The fourth-order valence-corrected chi connectivity index (χ4v) is 4.19. The number of terminal acetylenes is 1. The van der Waals surface area contributed by atoms with E-state index in [1.54, 1.807) is 0 Å². The average Bonchev–Trinajstić information content (AvgIpc) is 3.15. The summed E-state index contributed by atoms with van der Waals surface area (Å²) < 4.78 is 5.51. The van der Waals surface area contributed by atoms with Gasteiger partial charge in [-0.25, -0.2) is 4.79 Å². The Bertz CT molecular complexity index is 1030. The Labute approximate surface area is 199 Å². The summed E-state index contributed by atoms with van der Waals surface area (Å²) in [5.41, 5.74) is 4.47. The standard InChI is InChI=1S/C27H30N2O5/c1-3-8-24(26(32)28-16-15-18(2)13-14-25(30)31)29-27(33)34-17-23-21-11-6-4-9-19(21)20-10-5-7-12-22(20)23/h1,4-7,9-12,18,23-24H,8,13-17H2,2H3,(H,28,32)(H,29,33)(H,30,31). The third-order valence-corrected chi connectivity index (χ3v) is 6.06. The van der Waals surface area contributed by atoms with Crippen molar-refractivity contribution in [3.05, 3.63) is 59.7 Å². The van der Waals surface area contributed by atoms with Crippen molar-refractivity contribution in [2.45, 2.75) is 44.6 Å². The maximum atomic E-state index is 12.5. The first-order chi connectivity index (χ1) is 16.4. The van der Waals surface area contributed by atoms with E-state index in [2.05, 4.69) is 28.7 Å². The summed E-state index contributed by atoms with van der Waals surface area (Å²) in [4.78, 5) is 35.7. The number of fused-ring (bicyclic) bond motifs is 3. The molecule has 3 N–H and O–H groups in total. The van der Waals surface area contributed by atoms with Crippen molar-refractivity contribution >= 4 is 18.0 Å². The molecule has 3 rings (SSSR count). The summed E-state index contributed by atoms with van der Waals surface area (Å²) in [6, 6.07) is 15.2. The number of carbonyl (C=O) groups is 3. The molecule has 2 unspecified atom stereocenters. The van der Waals surface area contributed by atoms with E-state index in [0.29, 0.717) is 19.4 Å². The van der Waals surface area contributed by atoms with Crippen molar-refractivity contribution < 1.29 is 24.2 Å². The van der Waals surface area contributed by atoms with E-state index < -0.39 is 24.0 Å². The number of nitrogens with one attached hydrogen (secondary N) is 2. The number of carboxylic acid groups (broad SMARTS) is 1. The molecule has 34 heavy (non-hydrogen) atoms. The second-order valence-corrected chi connectivity index (χ2v) is 8.55. The van der Waals surface area contributed by atoms with E-state index >= 15 is 0 Å². The van der Waals surface area contributed by atoms with Crippen LogP contribution in [0.1, 0.15) is 49.7 Å². The van der Waals surface area contributed by atoms with Crippen LogP contribution in [0.4, 0.5) is 4.79 Å². The van der Waals surface area contributed by atoms with E-state index in [1.807, 2.05) is 43.3 Å². The van der Waals surface area contributed by atoms with E-state index in [4.69, 9.17) is 16.3 Å². The molecule has 0 saturated carbocycles. The zero-order valence-corrected chi connectivity index (χ0v) is 19.3. The summed E-state index contributed by atoms with van der Waals surface area (Å²) in [6.07, 6.45) is 5.99. The summed E-state index contributed by atoms with van der Waals surface area (Å²) in [5, 5.41) is 14.1. The highest BCUT2D eigenvalue weighted by Crippen LogP contribution is 2.44. The van der Waals surface area contributed by atoms with Crippen LogP contribution < -0.4 is 10.6 Å². The van der Waals surface area contributed by atoms with Gasteiger partial charge in [-0.15, -0.1) is 12.3 Å². The first kappa shape index (κ1) is 24.8. The highest BCUT2D eigenvalue weighted by atomic mass is 16.5. The molecule has 0 aliphatic heterocycles. The Balaban J connectivity index is 1.52. The van der Waals surface area contributed by atoms with Gasteiger partial charge in [-0.2, -0.15) is 0 Å². The molecule has 178 valence electrons. The summed E-state index contributed by atoms with van der Waals surface area (Å²) in [7, 11) is 0. The molecule has 0 radical (unpaired) electrons. The van der Waals surface area contributed by atoms with E-state index in [0.717, 1.165) is 22.3 Å². The maximum Gasteiger partial charge on any atom is 0.407 e. The average molecular weight is 463 g/mol. The number of benzene rings is 2. The first-order valence-corrected chi connectivity index (χ1v) is 11.4. The molecule has 7 nitrogen and oxygen atoms in total. The normalized spacial score (nSPS) is 13.6. The first-order valence-electron chi connectivity index (χ1n) is 11.4. The Morgan fingerprint density at radius 3 is 2.26 bits per heavy atom. The van der Waals surface area contributed by atoms with Gasteiger partial charge in [0.15, 0.2) is 0 Å². The zero-order chi connectivity index (χ0) is 24.5. The molecule has 0 bridgehead atoms. The van der Waals surface area contributed by atoms with E-state index in [1.165, 1.54) is 0 Å². The number of aliphatic carboxylic acids is 1. The van der Waals surface area contributed by atoms with Crippen LogP contribution in [-0.4, -0.2) is 42.3 Å². The summed E-state index contributed by atoms with van der Waals surface area (Å²) >= 11 is 0. The summed E-state index contributed by atoms with van der Waals surface area (Å²) in [6.45, 7) is 2.45. The molecule has 0 aromatic heterocycles. The van der Waals surface area contributed by atoms with Crippen LogP contribution in [0.25, 0.3) is 11.1 Å². The number of hydrogen-bond acceptors (Lipinski definition) is 4. The van der Waals surface area contributed by atoms with Gasteiger partial charge in [0.25, 0.3) is 0 Å². The van der Waals surface area contributed by atoms with Gasteiger partial charge in [0.1, 0.15) is 12.6 Å². The van der Waals surface area contributed by atoms with Crippen LogP contribution in [0.15, 0.2) is 48.5 Å². The Morgan fingerprint density at radius 1 is 1.06 bits per heavy atom. The van der Waals surface area contributed by atoms with Crippen LogP contribution >= 0.6 is 0 Å². The van der Waals surface area contributed by atoms with Gasteiger partial charge in [0.05, 0.1) is 0 Å². The molecule has 2 amide bonds. The second-order valence-electron chi connectivity index (χ2n) is 8.55. The highest BCUT2D eigenvalue weighted by Gasteiger charge is 2.29. The maximum absolute atomic E-state index is 12.5. The SMILES string of the molecule is C#CCC(NC(=O)OCC1c2ccccc2-c2ccccc21)C(=O)NCCC(C)CCC(=O)O. The molecule has 1 aliphatic carbocycles. The molecular weight excluding hydrogens is 432 g/mol. The van der Waals surface area contributed by atoms with Gasteiger partial charge in [-0.3, -0.25) is 9.59 Å². The minimum Gasteiger partial charge on any atom is -0.481 e. The van der Waals surface area contributed by atoms with Crippen molar-refractivity contribution in [2.24, 2.45) is 5.92 Å². The monoisotopic (exact) mass is 462 g/mol. The Kier molecular flexibility index (Phi) is 8.69. The number of alkyl carbamates (subject to hydrolysis) is 1. The van der Waals surface area contributed by atoms with Gasteiger partial charge in [0, 0.05) is 25.3 Å². The Hall–Kier alpha value is -3.79. The number of ether oxygens (including phenoxy) is 1. The van der Waals surface area contributed by atoms with E-state index in [-0.39, 0.29) is 31.3 Å². The lowest BCUT2D eigenvalue weighted by molar-refractivity contribution is -0.137. The van der Waals surface area contributed by atoms with Gasteiger partial charge in [-0.05, 0) is 41.0 Å². The minimum atomic E-state index is -0.907. The number of amides is 2. The number of rotatable bonds is 11. The van der Waals surface area contributed by atoms with Gasteiger partial charge >= 0.3 is 12.1 Å². The molecule has 0 heterocycles. The molecule has 2 atom stereocenters. The molecule has 2 aromatic rings. The van der Waals surface area contributed by atoms with Gasteiger partial charge in [0.2, 0.25) is 5.91 Å². The van der Waals surface area contributed by atoms with Crippen LogP contribution in [0.5, 0.6) is 0 Å². The lowest BCUT2D eigenvalue weighted by Gasteiger charge is -2.19. The van der Waals surface area contributed by atoms with Crippen molar-refractivity contribution in [1.29, 1.82) is 0 Å². The second kappa shape index (κ2) is 11.9. The van der Waals surface area contributed by atoms with E-state index in [9.17, 15) is 14.4 Å². The van der Waals surface area contributed by atoms with Crippen LogP contribution in [0, 0.1) is 18.3 Å². The van der Waals surface area contributed by atoms with Crippen LogP contribution in [0.2, 0.25) is 0 Å². The lowest BCUT2D eigenvalue weighted by Crippen LogP contribution is -2.47. The fourth-order valence-electron chi connectivity index (χ4n) is 4.19. The van der Waals surface area contributed by atoms with Crippen molar-refractivity contribution in [1.82, 2.24) is 10.6 Å². The predicted molar refractivity (Wildman–Crippen MR) is 129 cm³/mol. The topological polar surface area (TPSA) is 105 Å². The number of hydrogen-bond donors (Lipinski definition) is 3. The lowest BCUT2D eigenvalue weighted by atomic mass is 9.98. The molecule has 0 spiro atoms.